The third-order valence-corrected chi connectivity index (χ3v) is 4.69. The maximum Gasteiger partial charge on any atom is 0.228 e. The van der Waals surface area contributed by atoms with Crippen molar-refractivity contribution < 1.29 is 4.42 Å². The zero-order valence-electron chi connectivity index (χ0n) is 12.8. The number of rotatable bonds is 3. The largest absolute Gasteiger partial charge is 0.436 e. The highest BCUT2D eigenvalue weighted by atomic mass is 79.9. The highest BCUT2D eigenvalue weighted by Gasteiger charge is 2.12. The minimum Gasteiger partial charge on any atom is -0.436 e. The van der Waals surface area contributed by atoms with Gasteiger partial charge in [0.25, 0.3) is 0 Å². The van der Waals surface area contributed by atoms with Crippen molar-refractivity contribution in [3.63, 3.8) is 0 Å². The maximum atomic E-state index is 5.89. The molecule has 0 spiro atoms. The van der Waals surface area contributed by atoms with Crippen molar-refractivity contribution in [3.8, 4) is 11.5 Å². The van der Waals surface area contributed by atoms with Gasteiger partial charge in [0.1, 0.15) is 5.52 Å². The summed E-state index contributed by atoms with van der Waals surface area (Å²) >= 11 is 3.70. The van der Waals surface area contributed by atoms with Gasteiger partial charge in [-0.3, -0.25) is 0 Å². The van der Waals surface area contributed by atoms with E-state index < -0.39 is 0 Å². The summed E-state index contributed by atoms with van der Waals surface area (Å²) in [4.78, 5) is 4.58. The summed E-state index contributed by atoms with van der Waals surface area (Å²) in [5, 5.41) is 0. The van der Waals surface area contributed by atoms with E-state index in [0.29, 0.717) is 5.89 Å². The van der Waals surface area contributed by atoms with Crippen LogP contribution < -0.4 is 0 Å². The van der Waals surface area contributed by atoms with Gasteiger partial charge in [0.2, 0.25) is 5.89 Å². The number of fused-ring (bicyclic) bond motifs is 1. The first kappa shape index (κ1) is 14.9. The average molecular weight is 376 g/mol. The molecule has 0 N–H and O–H groups in total. The molecule has 0 aliphatic carbocycles. The Morgan fingerprint density at radius 3 is 2.42 bits per heavy atom. The normalized spacial score (nSPS) is 11.4. The molecule has 4 aromatic rings. The SMILES string of the molecule is Brc1c(C=Cc2ccccc2)cccc1-c1nc2ccccc2o1. The van der Waals surface area contributed by atoms with Crippen molar-refractivity contribution in [1.82, 2.24) is 4.98 Å². The molecule has 0 unspecified atom stereocenters. The predicted molar refractivity (Wildman–Crippen MR) is 103 cm³/mol. The lowest BCUT2D eigenvalue weighted by atomic mass is 10.1. The minimum absolute atomic E-state index is 0.623. The van der Waals surface area contributed by atoms with Crippen LogP contribution in [0.25, 0.3) is 34.7 Å². The second-order valence-corrected chi connectivity index (χ2v) is 6.23. The Balaban J connectivity index is 1.74. The molecule has 0 radical (unpaired) electrons. The van der Waals surface area contributed by atoms with Gasteiger partial charge >= 0.3 is 0 Å². The molecule has 24 heavy (non-hydrogen) atoms. The Morgan fingerprint density at radius 2 is 1.58 bits per heavy atom. The van der Waals surface area contributed by atoms with E-state index in [1.54, 1.807) is 0 Å². The number of hydrogen-bond donors (Lipinski definition) is 0. The standard InChI is InChI=1S/C21H14BrNO/c22-20-16(14-13-15-7-2-1-3-8-15)9-6-10-17(20)21-23-18-11-4-5-12-19(18)24-21/h1-14H. The topological polar surface area (TPSA) is 26.0 Å². The zero-order chi connectivity index (χ0) is 16.4. The molecule has 0 saturated heterocycles. The molecule has 116 valence electrons. The lowest BCUT2D eigenvalue weighted by Gasteiger charge is -2.04. The third-order valence-electron chi connectivity index (χ3n) is 3.81. The number of nitrogens with zero attached hydrogens (tertiary/aromatic N) is 1. The smallest absolute Gasteiger partial charge is 0.228 e. The summed E-state index contributed by atoms with van der Waals surface area (Å²) in [7, 11) is 0. The van der Waals surface area contributed by atoms with Crippen LogP contribution in [-0.2, 0) is 0 Å². The molecule has 0 bridgehead atoms. The maximum absolute atomic E-state index is 5.89. The fraction of sp³-hybridized carbons (Fsp3) is 0. The van der Waals surface area contributed by atoms with E-state index in [1.807, 2.05) is 54.6 Å². The molecule has 2 nitrogen and oxygen atoms in total. The molecular formula is C21H14BrNO. The van der Waals surface area contributed by atoms with Crippen LogP contribution in [-0.4, -0.2) is 4.98 Å². The van der Waals surface area contributed by atoms with E-state index in [4.69, 9.17) is 4.42 Å². The summed E-state index contributed by atoms with van der Waals surface area (Å²) in [6, 6.07) is 24.1. The summed E-state index contributed by atoms with van der Waals surface area (Å²) in [6.07, 6.45) is 4.18. The van der Waals surface area contributed by atoms with Gasteiger partial charge in [-0.2, -0.15) is 0 Å². The Hall–Kier alpha value is -2.65. The van der Waals surface area contributed by atoms with E-state index in [0.717, 1.165) is 32.3 Å². The molecule has 0 aliphatic heterocycles. The highest BCUT2D eigenvalue weighted by molar-refractivity contribution is 9.10. The second kappa shape index (κ2) is 6.46. The number of hydrogen-bond acceptors (Lipinski definition) is 2. The first-order valence-electron chi connectivity index (χ1n) is 7.69. The van der Waals surface area contributed by atoms with Crippen molar-refractivity contribution in [2.24, 2.45) is 0 Å². The summed E-state index contributed by atoms with van der Waals surface area (Å²) < 4.78 is 6.86. The fourth-order valence-corrected chi connectivity index (χ4v) is 3.15. The van der Waals surface area contributed by atoms with Crippen LogP contribution >= 0.6 is 15.9 Å². The Morgan fingerprint density at radius 1 is 0.792 bits per heavy atom. The van der Waals surface area contributed by atoms with Gasteiger partial charge in [-0.05, 0) is 45.3 Å². The number of para-hydroxylation sites is 2. The molecule has 3 heteroatoms. The van der Waals surface area contributed by atoms with Crippen molar-refractivity contribution >= 4 is 39.2 Å². The monoisotopic (exact) mass is 375 g/mol. The lowest BCUT2D eigenvalue weighted by molar-refractivity contribution is 0.619. The summed E-state index contributed by atoms with van der Waals surface area (Å²) in [5.41, 5.74) is 4.85. The fourth-order valence-electron chi connectivity index (χ4n) is 2.58. The Kier molecular flexibility index (Phi) is 4.01. The van der Waals surface area contributed by atoms with Crippen molar-refractivity contribution in [1.29, 1.82) is 0 Å². The molecule has 0 atom stereocenters. The van der Waals surface area contributed by atoms with Crippen molar-refractivity contribution in [3.05, 3.63) is 88.4 Å². The van der Waals surface area contributed by atoms with Crippen molar-refractivity contribution in [2.75, 3.05) is 0 Å². The van der Waals surface area contributed by atoms with Gasteiger partial charge in [0, 0.05) is 4.47 Å². The average Bonchev–Trinajstić information content (AvgIpc) is 3.05. The van der Waals surface area contributed by atoms with E-state index in [9.17, 15) is 0 Å². The third kappa shape index (κ3) is 2.91. The van der Waals surface area contributed by atoms with Gasteiger partial charge < -0.3 is 4.42 Å². The van der Waals surface area contributed by atoms with Crippen LogP contribution in [0.15, 0.2) is 81.7 Å². The summed E-state index contributed by atoms with van der Waals surface area (Å²) in [5.74, 6) is 0.623. The van der Waals surface area contributed by atoms with E-state index in [2.05, 4.69) is 51.3 Å². The predicted octanol–water partition coefficient (Wildman–Crippen LogP) is 6.43. The molecule has 1 aromatic heterocycles. The highest BCUT2D eigenvalue weighted by Crippen LogP contribution is 2.33. The number of halogens is 1. The van der Waals surface area contributed by atoms with Crippen LogP contribution in [0.5, 0.6) is 0 Å². The van der Waals surface area contributed by atoms with Gasteiger partial charge in [-0.25, -0.2) is 4.98 Å². The molecule has 0 amide bonds. The van der Waals surface area contributed by atoms with E-state index >= 15 is 0 Å². The van der Waals surface area contributed by atoms with Gasteiger partial charge in [-0.15, -0.1) is 0 Å². The van der Waals surface area contributed by atoms with Gasteiger partial charge in [0.05, 0.1) is 5.56 Å². The first-order chi connectivity index (χ1) is 11.8. The molecule has 4 rings (SSSR count). The Labute approximate surface area is 148 Å². The van der Waals surface area contributed by atoms with Crippen LogP contribution in [0, 0.1) is 0 Å². The molecule has 0 aliphatic rings. The van der Waals surface area contributed by atoms with E-state index in [1.165, 1.54) is 0 Å². The van der Waals surface area contributed by atoms with E-state index in [-0.39, 0.29) is 0 Å². The quantitative estimate of drug-likeness (QED) is 0.385. The van der Waals surface area contributed by atoms with Crippen LogP contribution in [0.1, 0.15) is 11.1 Å². The zero-order valence-corrected chi connectivity index (χ0v) is 14.4. The minimum atomic E-state index is 0.623. The van der Waals surface area contributed by atoms with Crippen molar-refractivity contribution in [2.45, 2.75) is 0 Å². The van der Waals surface area contributed by atoms with Gasteiger partial charge in [-0.1, -0.05) is 66.7 Å². The summed E-state index contributed by atoms with van der Waals surface area (Å²) in [6.45, 7) is 0. The molecule has 1 heterocycles. The molecular weight excluding hydrogens is 362 g/mol. The first-order valence-corrected chi connectivity index (χ1v) is 8.48. The lowest BCUT2D eigenvalue weighted by Crippen LogP contribution is -1.83. The number of oxazole rings is 1. The molecule has 3 aromatic carbocycles. The Bertz CT molecular complexity index is 985. The molecule has 0 fully saturated rings. The second-order valence-electron chi connectivity index (χ2n) is 5.44. The van der Waals surface area contributed by atoms with Crippen LogP contribution in [0.4, 0.5) is 0 Å². The van der Waals surface area contributed by atoms with Crippen LogP contribution in [0.2, 0.25) is 0 Å². The van der Waals surface area contributed by atoms with Crippen LogP contribution in [0.3, 0.4) is 0 Å². The number of benzene rings is 3. The molecule has 0 saturated carbocycles. The van der Waals surface area contributed by atoms with Gasteiger partial charge in [0.15, 0.2) is 5.58 Å². The number of aromatic nitrogens is 1.